The number of hydrogen-bond donors (Lipinski definition) is 0. The molecule has 1 atom stereocenters. The van der Waals surface area contributed by atoms with Gasteiger partial charge in [-0.25, -0.2) is 8.42 Å². The molecule has 0 aliphatic rings. The summed E-state index contributed by atoms with van der Waals surface area (Å²) in [6, 6.07) is 15.8. The Labute approximate surface area is 130 Å². The third kappa shape index (κ3) is 3.30. The van der Waals surface area contributed by atoms with Crippen LogP contribution in [0.4, 0.5) is 0 Å². The summed E-state index contributed by atoms with van der Waals surface area (Å²) in [5.41, 5.74) is 0.503. The van der Waals surface area contributed by atoms with Crippen LogP contribution in [0.25, 0.3) is 0 Å². The number of rotatable bonds is 5. The lowest BCUT2D eigenvalue weighted by Crippen LogP contribution is -2.25. The molecule has 2 aromatic carbocycles. The Hall–Kier alpha value is -1.73. The van der Waals surface area contributed by atoms with Gasteiger partial charge in [0.25, 0.3) is 9.84 Å². The van der Waals surface area contributed by atoms with E-state index in [1.807, 2.05) is 0 Å². The highest BCUT2D eigenvalue weighted by Gasteiger charge is 2.47. The van der Waals surface area contributed by atoms with Crippen LogP contribution in [-0.2, 0) is 9.84 Å². The number of halogens is 1. The topological polar surface area (TPSA) is 77.3 Å². The summed E-state index contributed by atoms with van der Waals surface area (Å²) in [5, 5.41) is 10.5. The SMILES string of the molecule is O=[N+]([O-])[C](C(Br)c1ccccc1)S(=O)(=O)c1ccccc1. The fourth-order valence-electron chi connectivity index (χ4n) is 1.81. The zero-order valence-electron chi connectivity index (χ0n) is 10.7. The van der Waals surface area contributed by atoms with Crippen LogP contribution in [0.5, 0.6) is 0 Å². The predicted octanol–water partition coefficient (Wildman–Crippen LogP) is 3.36. The molecule has 0 spiro atoms. The van der Waals surface area contributed by atoms with Gasteiger partial charge in [-0.3, -0.25) is 10.1 Å². The third-order valence-corrected chi connectivity index (χ3v) is 5.91. The highest BCUT2D eigenvalue weighted by molar-refractivity contribution is 9.09. The van der Waals surface area contributed by atoms with Gasteiger partial charge < -0.3 is 0 Å². The predicted molar refractivity (Wildman–Crippen MR) is 82.0 cm³/mol. The van der Waals surface area contributed by atoms with Gasteiger partial charge in [-0.05, 0) is 17.7 Å². The van der Waals surface area contributed by atoms with Crippen molar-refractivity contribution in [2.45, 2.75) is 9.72 Å². The Balaban J connectivity index is 2.47. The molecule has 0 aliphatic carbocycles. The Morgan fingerprint density at radius 3 is 1.95 bits per heavy atom. The number of benzene rings is 2. The molecule has 2 rings (SSSR count). The van der Waals surface area contributed by atoms with Crippen molar-refractivity contribution in [3.05, 3.63) is 81.7 Å². The van der Waals surface area contributed by atoms with E-state index < -0.39 is 25.0 Å². The van der Waals surface area contributed by atoms with Gasteiger partial charge in [-0.1, -0.05) is 64.5 Å². The number of alkyl halides is 1. The van der Waals surface area contributed by atoms with Crippen LogP contribution in [0.3, 0.4) is 0 Å². The maximum Gasteiger partial charge on any atom is 0.423 e. The fourth-order valence-corrected chi connectivity index (χ4v) is 4.38. The van der Waals surface area contributed by atoms with Crippen LogP contribution < -0.4 is 0 Å². The highest BCUT2D eigenvalue weighted by atomic mass is 79.9. The van der Waals surface area contributed by atoms with Gasteiger partial charge in [0.2, 0.25) is 0 Å². The summed E-state index contributed by atoms with van der Waals surface area (Å²) in [6.07, 6.45) is 0. The zero-order valence-corrected chi connectivity index (χ0v) is 13.1. The fraction of sp³-hybridized carbons (Fsp3) is 0.0714. The molecule has 1 unspecified atom stereocenters. The molecule has 0 fully saturated rings. The minimum absolute atomic E-state index is 0.0999. The van der Waals surface area contributed by atoms with E-state index in [0.29, 0.717) is 5.56 Å². The monoisotopic (exact) mass is 368 g/mol. The first-order valence-electron chi connectivity index (χ1n) is 5.95. The second-order valence-corrected chi connectivity index (χ2v) is 7.00. The van der Waals surface area contributed by atoms with Gasteiger partial charge >= 0.3 is 5.37 Å². The van der Waals surface area contributed by atoms with Crippen LogP contribution in [0.2, 0.25) is 0 Å². The first kappa shape index (κ1) is 15.7. The molecule has 0 saturated heterocycles. The molecule has 0 saturated carbocycles. The van der Waals surface area contributed by atoms with Crippen molar-refractivity contribution in [3.8, 4) is 0 Å². The standard InChI is InChI=1S/C14H11BrNO4S/c15-13(11-7-3-1-4-8-11)14(16(17)18)21(19,20)12-9-5-2-6-10-12/h1-10,13H. The van der Waals surface area contributed by atoms with Crippen molar-refractivity contribution in [1.29, 1.82) is 0 Å². The molecular formula is C14H11BrNO4S. The minimum atomic E-state index is -4.18. The van der Waals surface area contributed by atoms with E-state index >= 15 is 0 Å². The molecule has 5 nitrogen and oxygen atoms in total. The van der Waals surface area contributed by atoms with Crippen molar-refractivity contribution in [2.75, 3.05) is 0 Å². The van der Waals surface area contributed by atoms with Crippen LogP contribution in [0.1, 0.15) is 10.4 Å². The average molecular weight is 369 g/mol. The molecule has 0 heterocycles. The smallest absolute Gasteiger partial charge is 0.262 e. The minimum Gasteiger partial charge on any atom is -0.262 e. The quantitative estimate of drug-likeness (QED) is 0.460. The van der Waals surface area contributed by atoms with Gasteiger partial charge in [-0.15, -0.1) is 0 Å². The Kier molecular flexibility index (Phi) is 4.74. The first-order valence-corrected chi connectivity index (χ1v) is 8.35. The Morgan fingerprint density at radius 1 is 1.00 bits per heavy atom. The third-order valence-electron chi connectivity index (χ3n) is 2.82. The van der Waals surface area contributed by atoms with E-state index in [9.17, 15) is 18.5 Å². The first-order chi connectivity index (χ1) is 9.94. The summed E-state index contributed by atoms with van der Waals surface area (Å²) in [6.45, 7) is 0. The second kappa shape index (κ2) is 6.36. The molecule has 0 bridgehead atoms. The van der Waals surface area contributed by atoms with Gasteiger partial charge in [-0.2, -0.15) is 0 Å². The van der Waals surface area contributed by atoms with Crippen LogP contribution in [0.15, 0.2) is 65.6 Å². The highest BCUT2D eigenvalue weighted by Crippen LogP contribution is 2.39. The summed E-state index contributed by atoms with van der Waals surface area (Å²) >= 11 is 3.13. The maximum atomic E-state index is 12.5. The average Bonchev–Trinajstić information content (AvgIpc) is 2.48. The molecule has 109 valence electrons. The second-order valence-electron chi connectivity index (χ2n) is 4.19. The van der Waals surface area contributed by atoms with Gasteiger partial charge in [0, 0.05) is 0 Å². The van der Waals surface area contributed by atoms with E-state index in [4.69, 9.17) is 0 Å². The van der Waals surface area contributed by atoms with Gasteiger partial charge in [0.1, 0.15) is 4.83 Å². The van der Waals surface area contributed by atoms with E-state index in [2.05, 4.69) is 15.9 Å². The van der Waals surface area contributed by atoms with E-state index in [0.717, 1.165) is 0 Å². The molecule has 21 heavy (non-hydrogen) atoms. The Bertz CT molecular complexity index is 719. The zero-order chi connectivity index (χ0) is 15.5. The molecule has 0 N–H and O–H groups in total. The molecule has 0 amide bonds. The summed E-state index contributed by atoms with van der Waals surface area (Å²) in [4.78, 5) is 9.33. The van der Waals surface area contributed by atoms with Crippen LogP contribution in [-0.4, -0.2) is 13.3 Å². The molecule has 1 radical (unpaired) electrons. The van der Waals surface area contributed by atoms with Gasteiger partial charge in [0.05, 0.1) is 9.82 Å². The van der Waals surface area contributed by atoms with Crippen molar-refractivity contribution in [1.82, 2.24) is 0 Å². The maximum absolute atomic E-state index is 12.5. The lowest BCUT2D eigenvalue weighted by atomic mass is 10.1. The van der Waals surface area contributed by atoms with E-state index in [1.54, 1.807) is 36.4 Å². The number of hydrogen-bond acceptors (Lipinski definition) is 4. The molecule has 0 aliphatic heterocycles. The molecule has 2 aromatic rings. The number of sulfone groups is 1. The van der Waals surface area contributed by atoms with E-state index in [-0.39, 0.29) is 4.90 Å². The lowest BCUT2D eigenvalue weighted by molar-refractivity contribution is -0.448. The van der Waals surface area contributed by atoms with Crippen LogP contribution in [0, 0.1) is 15.5 Å². The Morgan fingerprint density at radius 2 is 1.48 bits per heavy atom. The van der Waals surface area contributed by atoms with Crippen molar-refractivity contribution in [2.24, 2.45) is 0 Å². The van der Waals surface area contributed by atoms with Crippen LogP contribution >= 0.6 is 15.9 Å². The normalized spacial score (nSPS) is 13.0. The van der Waals surface area contributed by atoms with E-state index in [1.165, 1.54) is 24.3 Å². The van der Waals surface area contributed by atoms with Crippen molar-refractivity contribution >= 4 is 25.8 Å². The molecule has 0 aromatic heterocycles. The van der Waals surface area contributed by atoms with Crippen molar-refractivity contribution < 1.29 is 13.3 Å². The lowest BCUT2D eigenvalue weighted by Gasteiger charge is -2.14. The van der Waals surface area contributed by atoms with Gasteiger partial charge in [0.15, 0.2) is 0 Å². The number of nitro groups is 1. The van der Waals surface area contributed by atoms with Crippen molar-refractivity contribution in [3.63, 3.8) is 0 Å². The summed E-state index contributed by atoms with van der Waals surface area (Å²) in [5.74, 6) is 0. The summed E-state index contributed by atoms with van der Waals surface area (Å²) < 4.78 is 25.0. The summed E-state index contributed by atoms with van der Waals surface area (Å²) in [7, 11) is -4.18. The molecular weight excluding hydrogens is 358 g/mol. The number of nitrogens with zero attached hydrogens (tertiary/aromatic N) is 1. The largest absolute Gasteiger partial charge is 0.423 e. The molecule has 7 heteroatoms.